The number of nitrogens with one attached hydrogen (secondary N) is 1. The molecule has 0 aliphatic heterocycles. The summed E-state index contributed by atoms with van der Waals surface area (Å²) in [5, 5.41) is 17.5. The highest BCUT2D eigenvalue weighted by atomic mass is 32.2. The van der Waals surface area contributed by atoms with Gasteiger partial charge in [0.15, 0.2) is 12.4 Å². The van der Waals surface area contributed by atoms with Gasteiger partial charge in [-0.2, -0.15) is 0 Å². The highest BCUT2D eigenvalue weighted by molar-refractivity contribution is 7.99. The number of nitro groups is 1. The van der Waals surface area contributed by atoms with Gasteiger partial charge in [-0.15, -0.1) is 0 Å². The largest absolute Gasteiger partial charge is 0.452 e. The number of aromatic nitrogens is 1. The van der Waals surface area contributed by atoms with Crippen molar-refractivity contribution in [1.82, 2.24) is 5.16 Å². The first-order valence-corrected chi connectivity index (χ1v) is 9.57. The summed E-state index contributed by atoms with van der Waals surface area (Å²) < 4.78 is 9.75. The van der Waals surface area contributed by atoms with Gasteiger partial charge in [-0.05, 0) is 38.1 Å². The number of ether oxygens (including phenoxy) is 1. The molecule has 3 rings (SSSR count). The SMILES string of the molecule is Cc1ccc(Sc2ccc(C(=O)OCC(=O)Nc3cc(C)on3)cc2[N+](=O)[O-])cc1. The zero-order valence-electron chi connectivity index (χ0n) is 16.1. The van der Waals surface area contributed by atoms with Gasteiger partial charge < -0.3 is 14.6 Å². The van der Waals surface area contributed by atoms with Gasteiger partial charge in [-0.3, -0.25) is 14.9 Å². The van der Waals surface area contributed by atoms with Crippen LogP contribution in [0.1, 0.15) is 21.7 Å². The molecule has 0 aliphatic carbocycles. The van der Waals surface area contributed by atoms with Crippen LogP contribution in [0.5, 0.6) is 0 Å². The van der Waals surface area contributed by atoms with E-state index in [1.807, 2.05) is 31.2 Å². The molecule has 10 heteroatoms. The fourth-order valence-corrected chi connectivity index (χ4v) is 3.33. The van der Waals surface area contributed by atoms with E-state index in [0.29, 0.717) is 10.7 Å². The third-order valence-corrected chi connectivity index (χ3v) is 4.94. The Morgan fingerprint density at radius 3 is 2.53 bits per heavy atom. The Labute approximate surface area is 175 Å². The molecule has 3 aromatic rings. The van der Waals surface area contributed by atoms with E-state index >= 15 is 0 Å². The molecule has 1 heterocycles. The number of amides is 1. The molecule has 0 fully saturated rings. The number of aryl methyl sites for hydroxylation is 2. The van der Waals surface area contributed by atoms with E-state index in [1.165, 1.54) is 30.0 Å². The Balaban J connectivity index is 1.67. The summed E-state index contributed by atoms with van der Waals surface area (Å²) in [4.78, 5) is 36.2. The van der Waals surface area contributed by atoms with Crippen LogP contribution in [0.4, 0.5) is 11.5 Å². The molecule has 0 bridgehead atoms. The van der Waals surface area contributed by atoms with Crippen molar-refractivity contribution in [3.05, 3.63) is 75.5 Å². The number of rotatable bonds is 7. The lowest BCUT2D eigenvalue weighted by molar-refractivity contribution is -0.387. The van der Waals surface area contributed by atoms with Crippen LogP contribution in [0.2, 0.25) is 0 Å². The van der Waals surface area contributed by atoms with E-state index in [9.17, 15) is 19.7 Å². The van der Waals surface area contributed by atoms with Crippen LogP contribution >= 0.6 is 11.8 Å². The molecule has 0 radical (unpaired) electrons. The first-order valence-electron chi connectivity index (χ1n) is 8.75. The molecule has 1 amide bonds. The van der Waals surface area contributed by atoms with Gasteiger partial charge in [0.1, 0.15) is 5.76 Å². The van der Waals surface area contributed by atoms with Gasteiger partial charge in [0.05, 0.1) is 15.4 Å². The Morgan fingerprint density at radius 2 is 1.90 bits per heavy atom. The van der Waals surface area contributed by atoms with Crippen LogP contribution in [0, 0.1) is 24.0 Å². The topological polar surface area (TPSA) is 125 Å². The van der Waals surface area contributed by atoms with Crippen LogP contribution < -0.4 is 5.32 Å². The molecule has 154 valence electrons. The molecule has 1 N–H and O–H groups in total. The van der Waals surface area contributed by atoms with Gasteiger partial charge in [-0.1, -0.05) is 34.6 Å². The predicted octanol–water partition coefficient (Wildman–Crippen LogP) is 4.15. The number of anilines is 1. The molecular weight excluding hydrogens is 410 g/mol. The number of nitrogens with zero attached hydrogens (tertiary/aromatic N) is 2. The first kappa shape index (κ1) is 21.1. The molecule has 2 aromatic carbocycles. The molecule has 1 aromatic heterocycles. The summed E-state index contributed by atoms with van der Waals surface area (Å²) in [6.07, 6.45) is 0. The highest BCUT2D eigenvalue weighted by Crippen LogP contribution is 2.35. The number of benzene rings is 2. The van der Waals surface area contributed by atoms with Gasteiger partial charge in [0.25, 0.3) is 11.6 Å². The number of nitro benzene ring substituents is 1. The molecular formula is C20H17N3O6S. The summed E-state index contributed by atoms with van der Waals surface area (Å²) in [7, 11) is 0. The zero-order valence-corrected chi connectivity index (χ0v) is 16.9. The lowest BCUT2D eigenvalue weighted by Crippen LogP contribution is -2.21. The Kier molecular flexibility index (Phi) is 6.48. The average molecular weight is 427 g/mol. The third-order valence-electron chi connectivity index (χ3n) is 3.87. The second kappa shape index (κ2) is 9.23. The van der Waals surface area contributed by atoms with E-state index in [0.717, 1.165) is 16.5 Å². The second-order valence-electron chi connectivity index (χ2n) is 6.30. The molecule has 0 atom stereocenters. The Bertz CT molecular complexity index is 1090. The lowest BCUT2D eigenvalue weighted by Gasteiger charge is -2.07. The van der Waals surface area contributed by atoms with Crippen LogP contribution in [0.3, 0.4) is 0 Å². The van der Waals surface area contributed by atoms with Crippen molar-refractivity contribution in [2.75, 3.05) is 11.9 Å². The summed E-state index contributed by atoms with van der Waals surface area (Å²) in [5.74, 6) is -0.756. The van der Waals surface area contributed by atoms with Gasteiger partial charge in [-0.25, -0.2) is 4.79 Å². The Morgan fingerprint density at radius 1 is 1.17 bits per heavy atom. The second-order valence-corrected chi connectivity index (χ2v) is 7.42. The van der Waals surface area contributed by atoms with Crippen LogP contribution in [0.15, 0.2) is 62.8 Å². The number of carbonyl (C=O) groups excluding carboxylic acids is 2. The van der Waals surface area contributed by atoms with Gasteiger partial charge in [0, 0.05) is 17.0 Å². The Hall–Kier alpha value is -3.66. The molecule has 0 saturated carbocycles. The average Bonchev–Trinajstić information content (AvgIpc) is 3.12. The molecule has 0 aliphatic rings. The van der Waals surface area contributed by atoms with E-state index < -0.39 is 23.4 Å². The van der Waals surface area contributed by atoms with Crippen molar-refractivity contribution in [2.45, 2.75) is 23.6 Å². The predicted molar refractivity (Wildman–Crippen MR) is 109 cm³/mol. The summed E-state index contributed by atoms with van der Waals surface area (Å²) >= 11 is 1.22. The minimum absolute atomic E-state index is 0.0277. The first-order chi connectivity index (χ1) is 14.3. The molecule has 9 nitrogen and oxygen atoms in total. The summed E-state index contributed by atoms with van der Waals surface area (Å²) in [6, 6.07) is 13.1. The number of hydrogen-bond acceptors (Lipinski definition) is 8. The number of carbonyl (C=O) groups is 2. The zero-order chi connectivity index (χ0) is 21.7. The van der Waals surface area contributed by atoms with E-state index in [2.05, 4.69) is 10.5 Å². The van der Waals surface area contributed by atoms with Gasteiger partial charge >= 0.3 is 5.97 Å². The number of esters is 1. The van der Waals surface area contributed by atoms with E-state index in [4.69, 9.17) is 9.26 Å². The van der Waals surface area contributed by atoms with Gasteiger partial charge in [0.2, 0.25) is 0 Å². The maximum atomic E-state index is 12.2. The smallest absolute Gasteiger partial charge is 0.338 e. The molecule has 0 saturated heterocycles. The molecule has 0 unspecified atom stereocenters. The lowest BCUT2D eigenvalue weighted by atomic mass is 10.2. The summed E-state index contributed by atoms with van der Waals surface area (Å²) in [6.45, 7) is 3.04. The normalized spacial score (nSPS) is 10.5. The highest BCUT2D eigenvalue weighted by Gasteiger charge is 2.20. The third kappa shape index (κ3) is 5.45. The monoisotopic (exact) mass is 427 g/mol. The van der Waals surface area contributed by atoms with Crippen LogP contribution in [-0.4, -0.2) is 28.6 Å². The molecule has 30 heavy (non-hydrogen) atoms. The quantitative estimate of drug-likeness (QED) is 0.339. The maximum Gasteiger partial charge on any atom is 0.338 e. The van der Waals surface area contributed by atoms with Crippen LogP contribution in [-0.2, 0) is 9.53 Å². The summed E-state index contributed by atoms with van der Waals surface area (Å²) in [5.41, 5.74) is 0.826. The van der Waals surface area contributed by atoms with Crippen molar-refractivity contribution < 1.29 is 23.8 Å². The standard InChI is InChI=1S/C20H17N3O6S/c1-12-3-6-15(7-4-12)30-17-8-5-14(10-16(17)23(26)27)20(25)28-11-19(24)21-18-9-13(2)29-22-18/h3-10H,11H2,1-2H3,(H,21,22,24). The number of hydrogen-bond donors (Lipinski definition) is 1. The van der Waals surface area contributed by atoms with E-state index in [-0.39, 0.29) is 17.1 Å². The van der Waals surface area contributed by atoms with Crippen molar-refractivity contribution >= 4 is 35.1 Å². The maximum absolute atomic E-state index is 12.2. The van der Waals surface area contributed by atoms with Crippen molar-refractivity contribution in [3.63, 3.8) is 0 Å². The van der Waals surface area contributed by atoms with Crippen LogP contribution in [0.25, 0.3) is 0 Å². The van der Waals surface area contributed by atoms with Crippen molar-refractivity contribution in [1.29, 1.82) is 0 Å². The fraction of sp³-hybridized carbons (Fsp3) is 0.150. The minimum atomic E-state index is -0.850. The molecule has 0 spiro atoms. The fourth-order valence-electron chi connectivity index (χ4n) is 2.43. The van der Waals surface area contributed by atoms with Crippen molar-refractivity contribution in [2.24, 2.45) is 0 Å². The van der Waals surface area contributed by atoms with E-state index in [1.54, 1.807) is 6.92 Å². The minimum Gasteiger partial charge on any atom is -0.452 e. The van der Waals surface area contributed by atoms with Crippen molar-refractivity contribution in [3.8, 4) is 0 Å².